The number of aromatic nitrogens is 1. The molecule has 0 spiro atoms. The van der Waals surface area contributed by atoms with Crippen molar-refractivity contribution in [2.45, 2.75) is 33.2 Å². The van der Waals surface area contributed by atoms with Gasteiger partial charge in [-0.25, -0.2) is 0 Å². The normalized spacial score (nSPS) is 12.2. The van der Waals surface area contributed by atoms with Crippen molar-refractivity contribution < 1.29 is 14.1 Å². The van der Waals surface area contributed by atoms with E-state index < -0.39 is 0 Å². The van der Waals surface area contributed by atoms with Crippen LogP contribution in [0, 0.1) is 6.92 Å². The summed E-state index contributed by atoms with van der Waals surface area (Å²) >= 11 is 0. The fraction of sp³-hybridized carbons (Fsp3) is 0.600. The van der Waals surface area contributed by atoms with Crippen LogP contribution < -0.4 is 10.1 Å². The van der Waals surface area contributed by atoms with Crippen LogP contribution >= 0.6 is 0 Å². The Morgan fingerprint density at radius 2 is 2.47 bits per heavy atom. The molecule has 0 aliphatic carbocycles. The molecule has 0 fully saturated rings. The summed E-state index contributed by atoms with van der Waals surface area (Å²) in [6.45, 7) is 5.68. The number of carbonyl (C=O) groups is 1. The molecule has 0 radical (unpaired) electrons. The molecule has 0 aromatic carbocycles. The second-order valence-corrected chi connectivity index (χ2v) is 3.44. The van der Waals surface area contributed by atoms with Gasteiger partial charge in [0.2, 0.25) is 0 Å². The molecule has 5 nitrogen and oxygen atoms in total. The summed E-state index contributed by atoms with van der Waals surface area (Å²) in [6.07, 6.45) is 0.898. The van der Waals surface area contributed by atoms with E-state index in [1.165, 1.54) is 0 Å². The van der Waals surface area contributed by atoms with Gasteiger partial charge >= 0.3 is 0 Å². The average molecular weight is 212 g/mol. The molecule has 1 amide bonds. The largest absolute Gasteiger partial charge is 0.465 e. The third kappa shape index (κ3) is 4.01. The number of ether oxygens (including phenoxy) is 1. The number of carbonyl (C=O) groups excluding carboxylic acids is 1. The molecule has 1 atom stereocenters. The lowest BCUT2D eigenvalue weighted by molar-refractivity contribution is -0.123. The minimum atomic E-state index is -0.148. The van der Waals surface area contributed by atoms with Gasteiger partial charge in [-0.1, -0.05) is 6.92 Å². The van der Waals surface area contributed by atoms with Crippen LogP contribution in [0.15, 0.2) is 10.6 Å². The van der Waals surface area contributed by atoms with Gasteiger partial charge in [-0.15, -0.1) is 0 Å². The van der Waals surface area contributed by atoms with Gasteiger partial charge in [0.05, 0.1) is 0 Å². The van der Waals surface area contributed by atoms with Gasteiger partial charge in [0, 0.05) is 12.1 Å². The van der Waals surface area contributed by atoms with E-state index in [1.807, 2.05) is 13.8 Å². The zero-order valence-electron chi connectivity index (χ0n) is 9.24. The lowest BCUT2D eigenvalue weighted by Crippen LogP contribution is -2.35. The smallest absolute Gasteiger partial charge is 0.258 e. The number of hydrogen-bond donors (Lipinski definition) is 1. The van der Waals surface area contributed by atoms with Gasteiger partial charge in [-0.2, -0.15) is 0 Å². The van der Waals surface area contributed by atoms with Crippen molar-refractivity contribution in [3.8, 4) is 5.88 Å². The Morgan fingerprint density at radius 3 is 3.00 bits per heavy atom. The molecule has 1 heterocycles. The molecule has 0 aliphatic heterocycles. The molecular formula is C10H16N2O3. The van der Waals surface area contributed by atoms with E-state index in [4.69, 9.17) is 9.26 Å². The lowest BCUT2D eigenvalue weighted by Gasteiger charge is -2.10. The highest BCUT2D eigenvalue weighted by Gasteiger charge is 2.07. The van der Waals surface area contributed by atoms with E-state index in [-0.39, 0.29) is 18.6 Å². The van der Waals surface area contributed by atoms with E-state index in [0.717, 1.165) is 6.42 Å². The molecule has 1 aromatic heterocycles. The summed E-state index contributed by atoms with van der Waals surface area (Å²) in [6, 6.07) is 1.80. The highest BCUT2D eigenvalue weighted by atomic mass is 16.5. The monoisotopic (exact) mass is 212 g/mol. The van der Waals surface area contributed by atoms with Gasteiger partial charge in [0.1, 0.15) is 5.76 Å². The Hall–Kier alpha value is -1.52. The Labute approximate surface area is 88.8 Å². The Bertz CT molecular complexity index is 322. The van der Waals surface area contributed by atoms with E-state index in [0.29, 0.717) is 11.6 Å². The molecular weight excluding hydrogens is 196 g/mol. The van der Waals surface area contributed by atoms with Crippen LogP contribution in [-0.2, 0) is 4.79 Å². The first kappa shape index (κ1) is 11.6. The van der Waals surface area contributed by atoms with Gasteiger partial charge in [0.25, 0.3) is 11.8 Å². The Kier molecular flexibility index (Phi) is 4.15. The van der Waals surface area contributed by atoms with Crippen molar-refractivity contribution in [1.82, 2.24) is 10.5 Å². The Balaban J connectivity index is 2.28. The highest BCUT2D eigenvalue weighted by molar-refractivity contribution is 5.77. The van der Waals surface area contributed by atoms with Crippen LogP contribution in [0.3, 0.4) is 0 Å². The van der Waals surface area contributed by atoms with Gasteiger partial charge in [-0.3, -0.25) is 4.79 Å². The van der Waals surface area contributed by atoms with Gasteiger partial charge < -0.3 is 14.6 Å². The third-order valence-corrected chi connectivity index (χ3v) is 1.98. The fourth-order valence-corrected chi connectivity index (χ4v) is 0.970. The SMILES string of the molecule is CCC(C)NC(=O)COc1cc(C)on1. The summed E-state index contributed by atoms with van der Waals surface area (Å²) in [5, 5.41) is 6.39. The maximum absolute atomic E-state index is 11.3. The molecule has 1 N–H and O–H groups in total. The summed E-state index contributed by atoms with van der Waals surface area (Å²) in [5.74, 6) is 0.851. The zero-order chi connectivity index (χ0) is 11.3. The van der Waals surface area contributed by atoms with Crippen LogP contribution in [0.2, 0.25) is 0 Å². The van der Waals surface area contributed by atoms with Crippen LogP contribution in [0.25, 0.3) is 0 Å². The maximum Gasteiger partial charge on any atom is 0.258 e. The second-order valence-electron chi connectivity index (χ2n) is 3.44. The molecule has 15 heavy (non-hydrogen) atoms. The molecule has 0 saturated carbocycles. The van der Waals surface area contributed by atoms with Crippen molar-refractivity contribution in [2.75, 3.05) is 6.61 Å². The first-order valence-electron chi connectivity index (χ1n) is 4.97. The topological polar surface area (TPSA) is 64.4 Å². The highest BCUT2D eigenvalue weighted by Crippen LogP contribution is 2.09. The van der Waals surface area contributed by atoms with Gasteiger partial charge in [0.15, 0.2) is 6.61 Å². The number of aryl methyl sites for hydroxylation is 1. The number of nitrogens with one attached hydrogen (secondary N) is 1. The summed E-state index contributed by atoms with van der Waals surface area (Å²) in [5.41, 5.74) is 0. The molecule has 1 unspecified atom stereocenters. The quantitative estimate of drug-likeness (QED) is 0.798. The summed E-state index contributed by atoms with van der Waals surface area (Å²) in [4.78, 5) is 11.3. The van der Waals surface area contributed by atoms with Gasteiger partial charge in [-0.05, 0) is 25.4 Å². The molecule has 1 rings (SSSR count). The predicted octanol–water partition coefficient (Wildman–Crippen LogP) is 1.28. The van der Waals surface area contributed by atoms with Crippen molar-refractivity contribution in [3.63, 3.8) is 0 Å². The predicted molar refractivity (Wildman–Crippen MR) is 54.6 cm³/mol. The average Bonchev–Trinajstić information content (AvgIpc) is 2.61. The summed E-state index contributed by atoms with van der Waals surface area (Å²) < 4.78 is 9.91. The van der Waals surface area contributed by atoms with E-state index in [2.05, 4.69) is 10.5 Å². The number of nitrogens with zero attached hydrogens (tertiary/aromatic N) is 1. The minimum Gasteiger partial charge on any atom is -0.465 e. The van der Waals surface area contributed by atoms with Crippen LogP contribution in [-0.4, -0.2) is 23.7 Å². The van der Waals surface area contributed by atoms with E-state index >= 15 is 0 Å². The summed E-state index contributed by atoms with van der Waals surface area (Å²) in [7, 11) is 0. The maximum atomic E-state index is 11.3. The van der Waals surface area contributed by atoms with Crippen molar-refractivity contribution in [2.24, 2.45) is 0 Å². The van der Waals surface area contributed by atoms with Crippen molar-refractivity contribution in [3.05, 3.63) is 11.8 Å². The first-order valence-corrected chi connectivity index (χ1v) is 4.97. The minimum absolute atomic E-state index is 0.0314. The third-order valence-electron chi connectivity index (χ3n) is 1.98. The second kappa shape index (κ2) is 5.38. The Morgan fingerprint density at radius 1 is 1.73 bits per heavy atom. The molecule has 0 saturated heterocycles. The molecule has 5 heteroatoms. The van der Waals surface area contributed by atoms with E-state index in [1.54, 1.807) is 13.0 Å². The molecule has 84 valence electrons. The first-order chi connectivity index (χ1) is 7.11. The van der Waals surface area contributed by atoms with Crippen LogP contribution in [0.1, 0.15) is 26.0 Å². The lowest BCUT2D eigenvalue weighted by atomic mass is 10.2. The number of rotatable bonds is 5. The number of hydrogen-bond acceptors (Lipinski definition) is 4. The zero-order valence-corrected chi connectivity index (χ0v) is 9.24. The standard InChI is InChI=1S/C10H16N2O3/c1-4-7(2)11-9(13)6-14-10-5-8(3)15-12-10/h5,7H,4,6H2,1-3H3,(H,11,13). The molecule has 0 bridgehead atoms. The fourth-order valence-electron chi connectivity index (χ4n) is 0.970. The number of amides is 1. The van der Waals surface area contributed by atoms with E-state index in [9.17, 15) is 4.79 Å². The molecule has 0 aliphatic rings. The molecule has 1 aromatic rings. The van der Waals surface area contributed by atoms with Crippen molar-refractivity contribution in [1.29, 1.82) is 0 Å². The van der Waals surface area contributed by atoms with Crippen LogP contribution in [0.4, 0.5) is 0 Å². The van der Waals surface area contributed by atoms with Crippen molar-refractivity contribution >= 4 is 5.91 Å². The van der Waals surface area contributed by atoms with Crippen LogP contribution in [0.5, 0.6) is 5.88 Å².